The van der Waals surface area contributed by atoms with Gasteiger partial charge in [0, 0.05) is 7.05 Å². The number of esters is 1. The third kappa shape index (κ3) is 3.70. The van der Waals surface area contributed by atoms with E-state index in [9.17, 15) is 19.2 Å². The van der Waals surface area contributed by atoms with Crippen LogP contribution in [0.4, 0.5) is 11.4 Å². The van der Waals surface area contributed by atoms with E-state index in [2.05, 4.69) is 15.2 Å². The van der Waals surface area contributed by atoms with Gasteiger partial charge in [-0.05, 0) is 12.1 Å². The number of fused-ring (bicyclic) bond motifs is 1. The molecule has 2 aromatic rings. The molecule has 140 valence electrons. The maximum Gasteiger partial charge on any atom is 0.339 e. The molecule has 0 fully saturated rings. The molecule has 0 saturated heterocycles. The Hall–Kier alpha value is -3.14. The zero-order chi connectivity index (χ0) is 19.6. The molecular formula is C17H16N4O5S. The lowest BCUT2D eigenvalue weighted by atomic mass is 10.2. The molecule has 2 amide bonds. The van der Waals surface area contributed by atoms with Gasteiger partial charge in [-0.15, -0.1) is 11.8 Å². The number of nitrogens with zero attached hydrogens (tertiary/aromatic N) is 3. The molecule has 0 saturated carbocycles. The average Bonchev–Trinajstić information content (AvgIpc) is 2.66. The normalized spacial score (nSPS) is 13.1. The molecule has 3 rings (SSSR count). The molecule has 0 spiro atoms. The van der Waals surface area contributed by atoms with Gasteiger partial charge in [-0.3, -0.25) is 14.4 Å². The van der Waals surface area contributed by atoms with Crippen molar-refractivity contribution in [2.75, 3.05) is 30.1 Å². The average molecular weight is 388 g/mol. The number of amides is 2. The van der Waals surface area contributed by atoms with Crippen LogP contribution in [-0.2, 0) is 20.9 Å². The van der Waals surface area contributed by atoms with Crippen LogP contribution in [-0.4, -0.2) is 47.5 Å². The number of hydrogen-bond acceptors (Lipinski definition) is 7. The highest BCUT2D eigenvalue weighted by atomic mass is 32.2. The molecular weight excluding hydrogens is 372 g/mol. The van der Waals surface area contributed by atoms with Crippen molar-refractivity contribution in [1.82, 2.24) is 9.78 Å². The topological polar surface area (TPSA) is 111 Å². The fraction of sp³-hybridized carbons (Fsp3) is 0.235. The van der Waals surface area contributed by atoms with Crippen LogP contribution in [0.2, 0.25) is 0 Å². The molecule has 9 nitrogen and oxygen atoms in total. The van der Waals surface area contributed by atoms with E-state index >= 15 is 0 Å². The molecule has 10 heteroatoms. The number of rotatable bonds is 4. The maximum atomic E-state index is 12.6. The molecule has 1 aliphatic heterocycles. The second-order valence-electron chi connectivity index (χ2n) is 5.65. The molecule has 27 heavy (non-hydrogen) atoms. The molecule has 1 aliphatic rings. The highest BCUT2D eigenvalue weighted by molar-refractivity contribution is 8.00. The van der Waals surface area contributed by atoms with Crippen molar-refractivity contribution in [3.05, 3.63) is 46.4 Å². The molecule has 0 unspecified atom stereocenters. The fourth-order valence-corrected chi connectivity index (χ4v) is 3.51. The van der Waals surface area contributed by atoms with Crippen LogP contribution in [0.25, 0.3) is 0 Å². The van der Waals surface area contributed by atoms with Crippen molar-refractivity contribution < 1.29 is 19.1 Å². The minimum atomic E-state index is -0.591. The Bertz CT molecular complexity index is 988. The Balaban J connectivity index is 1.83. The first kappa shape index (κ1) is 18.6. The van der Waals surface area contributed by atoms with Crippen LogP contribution < -0.4 is 15.8 Å². The van der Waals surface area contributed by atoms with E-state index in [4.69, 9.17) is 0 Å². The number of benzene rings is 1. The van der Waals surface area contributed by atoms with E-state index < -0.39 is 17.4 Å². The predicted molar refractivity (Wildman–Crippen MR) is 99.0 cm³/mol. The van der Waals surface area contributed by atoms with Crippen LogP contribution in [0.3, 0.4) is 0 Å². The van der Waals surface area contributed by atoms with Crippen molar-refractivity contribution in [2.24, 2.45) is 0 Å². The number of methoxy groups -OCH3 is 1. The lowest BCUT2D eigenvalue weighted by Gasteiger charge is -2.24. The quantitative estimate of drug-likeness (QED) is 0.769. The monoisotopic (exact) mass is 388 g/mol. The number of thioether (sulfide) groups is 1. The minimum absolute atomic E-state index is 0.195. The van der Waals surface area contributed by atoms with Gasteiger partial charge in [-0.25, -0.2) is 9.48 Å². The first-order valence-electron chi connectivity index (χ1n) is 7.89. The molecule has 1 aromatic carbocycles. The van der Waals surface area contributed by atoms with Crippen LogP contribution in [0.1, 0.15) is 10.4 Å². The number of hydrogen-bond donors (Lipinski definition) is 1. The molecule has 1 aromatic heterocycles. The number of aromatic nitrogens is 2. The van der Waals surface area contributed by atoms with Crippen molar-refractivity contribution in [2.45, 2.75) is 11.4 Å². The van der Waals surface area contributed by atoms with E-state index in [-0.39, 0.29) is 35.1 Å². The number of anilines is 2. The highest BCUT2D eigenvalue weighted by Gasteiger charge is 2.26. The number of nitrogens with one attached hydrogen (secondary N) is 1. The number of ether oxygens (including phenoxy) is 1. The third-order valence-corrected chi connectivity index (χ3v) is 4.95. The summed E-state index contributed by atoms with van der Waals surface area (Å²) in [6.07, 6.45) is 1.46. The van der Waals surface area contributed by atoms with E-state index in [1.807, 2.05) is 0 Å². The van der Waals surface area contributed by atoms with Gasteiger partial charge in [0.1, 0.15) is 12.2 Å². The summed E-state index contributed by atoms with van der Waals surface area (Å²) in [4.78, 5) is 50.4. The third-order valence-electron chi connectivity index (χ3n) is 3.95. The maximum absolute atomic E-state index is 12.6. The molecule has 2 heterocycles. The van der Waals surface area contributed by atoms with Crippen molar-refractivity contribution in [1.29, 1.82) is 0 Å². The van der Waals surface area contributed by atoms with E-state index in [0.29, 0.717) is 4.90 Å². The second kappa shape index (κ2) is 7.62. The summed E-state index contributed by atoms with van der Waals surface area (Å²) in [5.41, 5.74) is 0.130. The van der Waals surface area contributed by atoms with Gasteiger partial charge in [-0.2, -0.15) is 5.10 Å². The van der Waals surface area contributed by atoms with Crippen LogP contribution in [0.5, 0.6) is 0 Å². The molecule has 0 aliphatic carbocycles. The first-order chi connectivity index (χ1) is 12.9. The van der Waals surface area contributed by atoms with E-state index in [1.165, 1.54) is 43.1 Å². The summed E-state index contributed by atoms with van der Waals surface area (Å²) in [5, 5.41) is 6.58. The lowest BCUT2D eigenvalue weighted by molar-refractivity contribution is -0.117. The van der Waals surface area contributed by atoms with Gasteiger partial charge >= 0.3 is 5.97 Å². The van der Waals surface area contributed by atoms with Crippen LogP contribution >= 0.6 is 11.8 Å². The SMILES string of the molecule is COC(=O)c1ccccc1NC(=O)Cn1ncc2c(c1=O)N(C)C(=O)CS2. The zero-order valence-corrected chi connectivity index (χ0v) is 15.4. The van der Waals surface area contributed by atoms with Gasteiger partial charge < -0.3 is 15.0 Å². The molecule has 0 atom stereocenters. The second-order valence-corrected chi connectivity index (χ2v) is 6.66. The summed E-state index contributed by atoms with van der Waals surface area (Å²) in [6, 6.07) is 6.37. The Morgan fingerprint density at radius 3 is 2.78 bits per heavy atom. The number of para-hydroxylation sites is 1. The Morgan fingerprint density at radius 1 is 1.30 bits per heavy atom. The van der Waals surface area contributed by atoms with Gasteiger partial charge in [-0.1, -0.05) is 12.1 Å². The van der Waals surface area contributed by atoms with Gasteiger partial charge in [0.2, 0.25) is 11.8 Å². The molecule has 1 N–H and O–H groups in total. The highest BCUT2D eigenvalue weighted by Crippen LogP contribution is 2.30. The zero-order valence-electron chi connectivity index (χ0n) is 14.6. The van der Waals surface area contributed by atoms with E-state index in [1.54, 1.807) is 18.2 Å². The van der Waals surface area contributed by atoms with Gasteiger partial charge in [0.25, 0.3) is 5.56 Å². The van der Waals surface area contributed by atoms with Crippen LogP contribution in [0.15, 0.2) is 40.2 Å². The van der Waals surface area contributed by atoms with Gasteiger partial charge in [0.15, 0.2) is 0 Å². The molecule has 0 bridgehead atoms. The predicted octanol–water partition coefficient (Wildman–Crippen LogP) is 0.737. The number of carbonyl (C=O) groups is 3. The fourth-order valence-electron chi connectivity index (χ4n) is 2.56. The number of carbonyl (C=O) groups excluding carboxylic acids is 3. The lowest BCUT2D eigenvalue weighted by Crippen LogP contribution is -2.40. The summed E-state index contributed by atoms with van der Waals surface area (Å²) in [7, 11) is 2.76. The summed E-state index contributed by atoms with van der Waals surface area (Å²) < 4.78 is 5.66. The molecule has 0 radical (unpaired) electrons. The van der Waals surface area contributed by atoms with E-state index in [0.717, 1.165) is 4.68 Å². The van der Waals surface area contributed by atoms with Crippen LogP contribution in [0, 0.1) is 0 Å². The standard InChI is InChI=1S/C17H16N4O5S/c1-20-14(23)9-27-12-7-18-21(16(24)15(12)20)8-13(22)19-11-6-4-3-5-10(11)17(25)26-2/h3-7H,8-9H2,1-2H3,(H,19,22). The van der Waals surface area contributed by atoms with Crippen molar-refractivity contribution in [3.63, 3.8) is 0 Å². The summed E-state index contributed by atoms with van der Waals surface area (Å²) >= 11 is 1.23. The summed E-state index contributed by atoms with van der Waals surface area (Å²) in [5.74, 6) is -1.09. The Kier molecular flexibility index (Phi) is 5.26. The minimum Gasteiger partial charge on any atom is -0.465 e. The first-order valence-corrected chi connectivity index (χ1v) is 8.87. The van der Waals surface area contributed by atoms with Crippen molar-refractivity contribution in [3.8, 4) is 0 Å². The smallest absolute Gasteiger partial charge is 0.339 e. The summed E-state index contributed by atoms with van der Waals surface area (Å²) in [6.45, 7) is -0.367. The largest absolute Gasteiger partial charge is 0.465 e. The van der Waals surface area contributed by atoms with Crippen molar-refractivity contribution >= 4 is 40.9 Å². The Morgan fingerprint density at radius 2 is 2.04 bits per heavy atom. The Labute approximate surface area is 158 Å². The van der Waals surface area contributed by atoms with Gasteiger partial charge in [0.05, 0.1) is 35.2 Å².